The zero-order valence-corrected chi connectivity index (χ0v) is 17.6. The van der Waals surface area contributed by atoms with Gasteiger partial charge < -0.3 is 10.2 Å². The quantitative estimate of drug-likeness (QED) is 0.596. The van der Waals surface area contributed by atoms with Crippen LogP contribution in [0.3, 0.4) is 0 Å². The third kappa shape index (κ3) is 4.17. The van der Waals surface area contributed by atoms with Crippen LogP contribution in [0.4, 0.5) is 5.82 Å². The number of carbonyl (C=O) groups is 2. The Hall–Kier alpha value is -3.67. The van der Waals surface area contributed by atoms with Gasteiger partial charge >= 0.3 is 0 Å². The molecule has 0 atom stereocenters. The largest absolute Gasteiger partial charge is 0.339 e. The van der Waals surface area contributed by atoms with Gasteiger partial charge in [-0.1, -0.05) is 37.8 Å². The second kappa shape index (κ2) is 9.22. The highest BCUT2D eigenvalue weighted by Crippen LogP contribution is 2.31. The number of hydrogen-bond acceptors (Lipinski definition) is 4. The third-order valence-corrected chi connectivity index (χ3v) is 4.96. The van der Waals surface area contributed by atoms with E-state index in [-0.39, 0.29) is 5.91 Å². The van der Waals surface area contributed by atoms with E-state index in [1.165, 1.54) is 6.08 Å². The lowest BCUT2D eigenvalue weighted by Crippen LogP contribution is -2.30. The third-order valence-electron chi connectivity index (χ3n) is 4.96. The molecular weight excluding hydrogens is 376 g/mol. The molecule has 3 rings (SSSR count). The van der Waals surface area contributed by atoms with Gasteiger partial charge in [-0.2, -0.15) is 5.10 Å². The summed E-state index contributed by atoms with van der Waals surface area (Å²) in [5.41, 5.74) is 4.94. The van der Waals surface area contributed by atoms with Gasteiger partial charge in [0.15, 0.2) is 0 Å². The van der Waals surface area contributed by atoms with Crippen molar-refractivity contribution in [1.82, 2.24) is 14.7 Å². The Labute approximate surface area is 176 Å². The number of fused-ring (bicyclic) bond motifs is 1. The Morgan fingerprint density at radius 3 is 2.83 bits per heavy atom. The van der Waals surface area contributed by atoms with Gasteiger partial charge in [-0.15, -0.1) is 0 Å². The van der Waals surface area contributed by atoms with Crippen LogP contribution in [0.25, 0.3) is 6.08 Å². The molecule has 0 unspecified atom stereocenters. The second-order valence-electron chi connectivity index (χ2n) is 7.04. The molecule has 2 aromatic rings. The molecule has 1 aromatic carbocycles. The minimum absolute atomic E-state index is 0.113. The minimum atomic E-state index is -0.113. The van der Waals surface area contributed by atoms with E-state index in [9.17, 15) is 9.59 Å². The first-order valence-corrected chi connectivity index (χ1v) is 9.85. The predicted octanol–water partition coefficient (Wildman–Crippen LogP) is 4.37. The Kier molecular flexibility index (Phi) is 6.47. The molecule has 1 amide bonds. The van der Waals surface area contributed by atoms with Crippen LogP contribution in [0.1, 0.15) is 40.4 Å². The fourth-order valence-corrected chi connectivity index (χ4v) is 3.48. The Morgan fingerprint density at radius 2 is 2.17 bits per heavy atom. The van der Waals surface area contributed by atoms with Crippen molar-refractivity contribution in [3.63, 3.8) is 0 Å². The number of allylic oxidation sites excluding steroid dienone is 4. The van der Waals surface area contributed by atoms with E-state index in [1.807, 2.05) is 32.2 Å². The summed E-state index contributed by atoms with van der Waals surface area (Å²) in [6, 6.07) is 5.49. The number of anilines is 1. The van der Waals surface area contributed by atoms with E-state index in [1.54, 1.807) is 34.0 Å². The standard InChI is InChI=1S/C24H26N4O2/c1-5-8-21-22(9-6-2)28(16-20-15-25-27(4)23(20)26-21)24(30)19-12-11-18(10-7-13-29)17(3)14-19/h6-15,26H,2,5,16H2,1,3-4H3/b10-7+,21-8+,22-9+. The molecule has 2 heterocycles. The highest BCUT2D eigenvalue weighted by atomic mass is 16.2. The molecule has 0 fully saturated rings. The molecule has 1 N–H and O–H groups in total. The second-order valence-corrected chi connectivity index (χ2v) is 7.04. The van der Waals surface area contributed by atoms with Crippen LogP contribution in [0.2, 0.25) is 0 Å². The number of amides is 1. The number of nitrogens with one attached hydrogen (secondary N) is 1. The smallest absolute Gasteiger partial charge is 0.258 e. The van der Waals surface area contributed by atoms with Crippen LogP contribution in [0.5, 0.6) is 0 Å². The van der Waals surface area contributed by atoms with Gasteiger partial charge in [0.1, 0.15) is 12.1 Å². The van der Waals surface area contributed by atoms with Crippen molar-refractivity contribution in [3.05, 3.63) is 88.9 Å². The van der Waals surface area contributed by atoms with Gasteiger partial charge in [-0.25, -0.2) is 0 Å². The van der Waals surface area contributed by atoms with Gasteiger partial charge in [-0.3, -0.25) is 14.3 Å². The van der Waals surface area contributed by atoms with Gasteiger partial charge in [0.2, 0.25) is 0 Å². The minimum Gasteiger partial charge on any atom is -0.339 e. The van der Waals surface area contributed by atoms with Crippen molar-refractivity contribution in [2.75, 3.05) is 5.32 Å². The average Bonchev–Trinajstić information content (AvgIpc) is 2.99. The van der Waals surface area contributed by atoms with Crippen molar-refractivity contribution in [2.45, 2.75) is 26.8 Å². The topological polar surface area (TPSA) is 67.2 Å². The summed E-state index contributed by atoms with van der Waals surface area (Å²) in [6.45, 7) is 8.20. The highest BCUT2D eigenvalue weighted by Gasteiger charge is 2.28. The molecule has 1 aliphatic heterocycles. The van der Waals surface area contributed by atoms with Crippen molar-refractivity contribution in [2.24, 2.45) is 7.05 Å². The first-order valence-electron chi connectivity index (χ1n) is 9.85. The Balaban J connectivity index is 2.07. The van der Waals surface area contributed by atoms with Gasteiger partial charge in [-0.05, 0) is 48.8 Å². The molecule has 154 valence electrons. The summed E-state index contributed by atoms with van der Waals surface area (Å²) in [5, 5.41) is 7.77. The molecule has 1 aromatic heterocycles. The highest BCUT2D eigenvalue weighted by molar-refractivity contribution is 5.96. The molecule has 6 heteroatoms. The molecule has 0 saturated heterocycles. The zero-order valence-electron chi connectivity index (χ0n) is 17.6. The number of aryl methyl sites for hydroxylation is 2. The van der Waals surface area contributed by atoms with Crippen LogP contribution in [-0.2, 0) is 18.4 Å². The number of benzene rings is 1. The van der Waals surface area contributed by atoms with Crippen molar-refractivity contribution in [3.8, 4) is 0 Å². The lowest BCUT2D eigenvalue weighted by Gasteiger charge is -2.25. The van der Waals surface area contributed by atoms with E-state index in [0.717, 1.165) is 46.6 Å². The first kappa shape index (κ1) is 21.0. The van der Waals surface area contributed by atoms with E-state index >= 15 is 0 Å². The number of aromatic nitrogens is 2. The average molecular weight is 402 g/mol. The molecule has 0 radical (unpaired) electrons. The monoisotopic (exact) mass is 402 g/mol. The van der Waals surface area contributed by atoms with Gasteiger partial charge in [0, 0.05) is 18.2 Å². The van der Waals surface area contributed by atoms with Crippen molar-refractivity contribution >= 4 is 24.1 Å². The molecule has 0 aliphatic carbocycles. The van der Waals surface area contributed by atoms with Crippen LogP contribution < -0.4 is 5.32 Å². The van der Waals surface area contributed by atoms with Crippen LogP contribution >= 0.6 is 0 Å². The van der Waals surface area contributed by atoms with Gasteiger partial charge in [0.05, 0.1) is 24.1 Å². The van der Waals surface area contributed by atoms with E-state index in [0.29, 0.717) is 12.1 Å². The van der Waals surface area contributed by atoms with Gasteiger partial charge in [0.25, 0.3) is 5.91 Å². The SMILES string of the molecule is C=C/C=C1\C(=C/CC)Nc2c(cnn2C)CN1C(=O)c1ccc(/C=C/C=O)c(C)c1. The molecule has 0 bridgehead atoms. The van der Waals surface area contributed by atoms with Crippen LogP contribution in [0, 0.1) is 6.92 Å². The number of hydrogen-bond donors (Lipinski definition) is 1. The number of aldehydes is 1. The summed E-state index contributed by atoms with van der Waals surface area (Å²) < 4.78 is 1.77. The van der Waals surface area contributed by atoms with E-state index in [2.05, 4.69) is 30.0 Å². The van der Waals surface area contributed by atoms with Crippen LogP contribution in [-0.4, -0.2) is 26.9 Å². The summed E-state index contributed by atoms with van der Waals surface area (Å²) in [4.78, 5) is 25.9. The molecular formula is C24H26N4O2. The normalized spacial score (nSPS) is 16.4. The number of rotatable bonds is 5. The van der Waals surface area contributed by atoms with E-state index in [4.69, 9.17) is 0 Å². The zero-order chi connectivity index (χ0) is 21.7. The molecule has 0 spiro atoms. The fraction of sp³-hybridized carbons (Fsp3) is 0.208. The number of nitrogens with zero attached hydrogens (tertiary/aromatic N) is 3. The predicted molar refractivity (Wildman–Crippen MR) is 120 cm³/mol. The lowest BCUT2D eigenvalue weighted by atomic mass is 10.0. The lowest BCUT2D eigenvalue weighted by molar-refractivity contribution is -0.104. The fourth-order valence-electron chi connectivity index (χ4n) is 3.48. The first-order chi connectivity index (χ1) is 14.5. The maximum atomic E-state index is 13.6. The summed E-state index contributed by atoms with van der Waals surface area (Å²) in [7, 11) is 1.87. The van der Waals surface area contributed by atoms with Crippen molar-refractivity contribution in [1.29, 1.82) is 0 Å². The summed E-state index contributed by atoms with van der Waals surface area (Å²) >= 11 is 0. The Bertz CT molecular complexity index is 1070. The molecule has 30 heavy (non-hydrogen) atoms. The van der Waals surface area contributed by atoms with E-state index < -0.39 is 0 Å². The maximum absolute atomic E-state index is 13.6. The summed E-state index contributed by atoms with van der Waals surface area (Å²) in [6.07, 6.45) is 12.1. The van der Waals surface area contributed by atoms with Crippen LogP contribution in [0.15, 0.2) is 66.7 Å². The van der Waals surface area contributed by atoms with Crippen molar-refractivity contribution < 1.29 is 9.59 Å². The molecule has 0 saturated carbocycles. The maximum Gasteiger partial charge on any atom is 0.258 e. The molecule has 1 aliphatic rings. The Morgan fingerprint density at radius 1 is 1.37 bits per heavy atom. The summed E-state index contributed by atoms with van der Waals surface area (Å²) in [5.74, 6) is 0.753. The number of carbonyl (C=O) groups excluding carboxylic acids is 2. The molecule has 6 nitrogen and oxygen atoms in total.